The van der Waals surface area contributed by atoms with Gasteiger partial charge in [-0.15, -0.1) is 0 Å². The van der Waals surface area contributed by atoms with Crippen molar-refractivity contribution in [3.05, 3.63) is 57.0 Å². The molecule has 0 aliphatic carbocycles. The molecule has 12 heteroatoms. The molecule has 0 radical (unpaired) electrons. The van der Waals surface area contributed by atoms with E-state index < -0.39 is 34.2 Å². The Kier molecular flexibility index (Phi) is 6.75. The summed E-state index contributed by atoms with van der Waals surface area (Å²) in [5.41, 5.74) is -1.20. The summed E-state index contributed by atoms with van der Waals surface area (Å²) in [4.78, 5) is 12.3. The highest BCUT2D eigenvalue weighted by atomic mass is 35.5. The molecule has 1 N–H and O–H groups in total. The van der Waals surface area contributed by atoms with Crippen molar-refractivity contribution in [3.8, 4) is 0 Å². The zero-order chi connectivity index (χ0) is 21.3. The minimum Gasteiger partial charge on any atom is -0.325 e. The van der Waals surface area contributed by atoms with Gasteiger partial charge in [0.05, 0.1) is 32.6 Å². The van der Waals surface area contributed by atoms with E-state index in [-0.39, 0.29) is 26.4 Å². The SMILES string of the molecule is CS(=O)(=O)N(CC(=O)Nc1cccc(C(F)(F)F)c1)c1cc(Cl)c(Cl)cc1Cl. The number of carbonyl (C=O) groups is 1. The highest BCUT2D eigenvalue weighted by molar-refractivity contribution is 7.92. The molecule has 0 atom stereocenters. The van der Waals surface area contributed by atoms with Crippen LogP contribution in [0.2, 0.25) is 15.1 Å². The van der Waals surface area contributed by atoms with Crippen molar-refractivity contribution in [2.75, 3.05) is 22.4 Å². The van der Waals surface area contributed by atoms with Crippen LogP contribution in [-0.2, 0) is 21.0 Å². The lowest BCUT2D eigenvalue weighted by atomic mass is 10.2. The average molecular weight is 476 g/mol. The zero-order valence-corrected chi connectivity index (χ0v) is 17.1. The Morgan fingerprint density at radius 1 is 1.07 bits per heavy atom. The van der Waals surface area contributed by atoms with E-state index in [9.17, 15) is 26.4 Å². The normalized spacial score (nSPS) is 12.0. The molecule has 0 heterocycles. The first-order valence-corrected chi connectivity index (χ1v) is 10.4. The molecule has 0 aromatic heterocycles. The Balaban J connectivity index is 2.30. The predicted octanol–water partition coefficient (Wildman–Crippen LogP) is 5.07. The average Bonchev–Trinajstić information content (AvgIpc) is 2.55. The van der Waals surface area contributed by atoms with Crippen molar-refractivity contribution < 1.29 is 26.4 Å². The Labute approximate surface area is 174 Å². The summed E-state index contributed by atoms with van der Waals surface area (Å²) >= 11 is 17.7. The van der Waals surface area contributed by atoms with E-state index in [1.807, 2.05) is 0 Å². The van der Waals surface area contributed by atoms with Gasteiger partial charge >= 0.3 is 6.18 Å². The number of halogens is 6. The number of benzene rings is 2. The second-order valence-electron chi connectivity index (χ2n) is 5.61. The quantitative estimate of drug-likeness (QED) is 0.614. The van der Waals surface area contributed by atoms with Crippen LogP contribution < -0.4 is 9.62 Å². The van der Waals surface area contributed by atoms with Crippen molar-refractivity contribution in [2.24, 2.45) is 0 Å². The molecule has 1 amide bonds. The number of carbonyl (C=O) groups excluding carboxylic acids is 1. The molecule has 152 valence electrons. The maximum atomic E-state index is 12.8. The third-order valence-electron chi connectivity index (χ3n) is 3.42. The molecule has 5 nitrogen and oxygen atoms in total. The molecule has 0 aliphatic rings. The number of nitrogens with one attached hydrogen (secondary N) is 1. The van der Waals surface area contributed by atoms with Gasteiger partial charge in [0, 0.05) is 5.69 Å². The van der Waals surface area contributed by atoms with Gasteiger partial charge in [0.25, 0.3) is 0 Å². The number of alkyl halides is 3. The number of hydrogen-bond acceptors (Lipinski definition) is 3. The molecule has 2 rings (SSSR count). The van der Waals surface area contributed by atoms with Crippen LogP contribution in [0.3, 0.4) is 0 Å². The van der Waals surface area contributed by atoms with Crippen LogP contribution >= 0.6 is 34.8 Å². The van der Waals surface area contributed by atoms with Gasteiger partial charge in [-0.3, -0.25) is 9.10 Å². The molecule has 0 aliphatic heterocycles. The topological polar surface area (TPSA) is 66.5 Å². The first-order valence-electron chi connectivity index (χ1n) is 7.38. The standard InChI is InChI=1S/C16H12Cl3F3N2O3S/c1-28(26,27)24(14-7-12(18)11(17)6-13(14)19)8-15(25)23-10-4-2-3-9(5-10)16(20,21)22/h2-7H,8H2,1H3,(H,23,25). The zero-order valence-electron chi connectivity index (χ0n) is 14.0. The van der Waals surface area contributed by atoms with Gasteiger partial charge in [-0.05, 0) is 30.3 Å². The summed E-state index contributed by atoms with van der Waals surface area (Å²) < 4.78 is 63.2. The Bertz CT molecular complexity index is 1010. The molecule has 28 heavy (non-hydrogen) atoms. The molecule has 0 saturated heterocycles. The van der Waals surface area contributed by atoms with Crippen LogP contribution in [0.1, 0.15) is 5.56 Å². The van der Waals surface area contributed by atoms with Crippen molar-refractivity contribution >= 4 is 62.1 Å². The van der Waals surface area contributed by atoms with Crippen LogP contribution in [0.25, 0.3) is 0 Å². The fraction of sp³-hybridized carbons (Fsp3) is 0.188. The summed E-state index contributed by atoms with van der Waals surface area (Å²) in [5.74, 6) is -0.883. The largest absolute Gasteiger partial charge is 0.416 e. The number of anilines is 2. The lowest BCUT2D eigenvalue weighted by Crippen LogP contribution is -2.37. The maximum absolute atomic E-state index is 12.8. The fourth-order valence-electron chi connectivity index (χ4n) is 2.19. The number of rotatable bonds is 5. The van der Waals surface area contributed by atoms with Crippen LogP contribution in [0.15, 0.2) is 36.4 Å². The van der Waals surface area contributed by atoms with Crippen molar-refractivity contribution in [1.29, 1.82) is 0 Å². The van der Waals surface area contributed by atoms with Crippen LogP contribution in [0.4, 0.5) is 24.5 Å². The minimum atomic E-state index is -4.59. The number of nitrogens with zero attached hydrogens (tertiary/aromatic N) is 1. The van der Waals surface area contributed by atoms with Crippen molar-refractivity contribution in [2.45, 2.75) is 6.18 Å². The van der Waals surface area contributed by atoms with Gasteiger partial charge in [0.1, 0.15) is 6.54 Å². The third-order valence-corrected chi connectivity index (χ3v) is 5.57. The molecule has 0 unspecified atom stereocenters. The van der Waals surface area contributed by atoms with E-state index in [2.05, 4.69) is 5.32 Å². The smallest absolute Gasteiger partial charge is 0.325 e. The highest BCUT2D eigenvalue weighted by Gasteiger charge is 2.30. The third kappa shape index (κ3) is 5.66. The minimum absolute atomic E-state index is 0.00741. The van der Waals surface area contributed by atoms with Gasteiger partial charge < -0.3 is 5.32 Å². The monoisotopic (exact) mass is 474 g/mol. The van der Waals surface area contributed by atoms with Crippen molar-refractivity contribution in [1.82, 2.24) is 0 Å². The molecule has 2 aromatic rings. The molecule has 0 bridgehead atoms. The Morgan fingerprint density at radius 2 is 1.68 bits per heavy atom. The molecular weight excluding hydrogens is 464 g/mol. The number of sulfonamides is 1. The molecular formula is C16H12Cl3F3N2O3S. The van der Waals surface area contributed by atoms with E-state index in [0.717, 1.165) is 24.5 Å². The van der Waals surface area contributed by atoms with Crippen LogP contribution in [0.5, 0.6) is 0 Å². The van der Waals surface area contributed by atoms with E-state index in [1.165, 1.54) is 18.2 Å². The first kappa shape index (κ1) is 22.6. The summed E-state index contributed by atoms with van der Waals surface area (Å²) in [6.45, 7) is -0.743. The van der Waals surface area contributed by atoms with E-state index in [0.29, 0.717) is 4.31 Å². The van der Waals surface area contributed by atoms with Gasteiger partial charge in [-0.25, -0.2) is 8.42 Å². The molecule has 0 saturated carbocycles. The van der Waals surface area contributed by atoms with E-state index in [1.54, 1.807) is 0 Å². The van der Waals surface area contributed by atoms with Crippen LogP contribution in [0, 0.1) is 0 Å². The summed E-state index contributed by atoms with van der Waals surface area (Å²) in [5, 5.41) is 2.24. The van der Waals surface area contributed by atoms with Crippen molar-refractivity contribution in [3.63, 3.8) is 0 Å². The highest BCUT2D eigenvalue weighted by Crippen LogP contribution is 2.35. The fourth-order valence-corrected chi connectivity index (χ4v) is 3.74. The van der Waals surface area contributed by atoms with Gasteiger partial charge in [-0.1, -0.05) is 40.9 Å². The predicted molar refractivity (Wildman–Crippen MR) is 104 cm³/mol. The second-order valence-corrected chi connectivity index (χ2v) is 8.74. The number of amides is 1. The Hall–Kier alpha value is -1.68. The Morgan fingerprint density at radius 3 is 2.25 bits per heavy atom. The van der Waals surface area contributed by atoms with Gasteiger partial charge in [0.2, 0.25) is 15.9 Å². The summed E-state index contributed by atoms with van der Waals surface area (Å²) in [7, 11) is -3.98. The molecule has 2 aromatic carbocycles. The maximum Gasteiger partial charge on any atom is 0.416 e. The van der Waals surface area contributed by atoms with Gasteiger partial charge in [0.15, 0.2) is 0 Å². The van der Waals surface area contributed by atoms with E-state index >= 15 is 0 Å². The van der Waals surface area contributed by atoms with E-state index in [4.69, 9.17) is 34.8 Å². The molecule has 0 spiro atoms. The van der Waals surface area contributed by atoms with Crippen LogP contribution in [-0.4, -0.2) is 27.1 Å². The van der Waals surface area contributed by atoms with Gasteiger partial charge in [-0.2, -0.15) is 13.2 Å². The first-order chi connectivity index (χ1) is 12.8. The molecule has 0 fully saturated rings. The lowest BCUT2D eigenvalue weighted by molar-refractivity contribution is -0.137. The summed E-state index contributed by atoms with van der Waals surface area (Å²) in [6.07, 6.45) is -3.75. The lowest BCUT2D eigenvalue weighted by Gasteiger charge is -2.23. The number of hydrogen-bond donors (Lipinski definition) is 1. The summed E-state index contributed by atoms with van der Waals surface area (Å²) in [6, 6.07) is 6.31. The second kappa shape index (κ2) is 8.36.